The molecule has 0 N–H and O–H groups in total. The minimum Gasteiger partial charge on any atom is -0.493 e. The van der Waals surface area contributed by atoms with E-state index in [1.54, 1.807) is 14.2 Å². The first-order valence-corrected chi connectivity index (χ1v) is 13.4. The van der Waals surface area contributed by atoms with Crippen LogP contribution in [0.4, 0.5) is 0 Å². The Balaban J connectivity index is 1.31. The van der Waals surface area contributed by atoms with Crippen LogP contribution in [-0.2, 0) is 30.6 Å². The van der Waals surface area contributed by atoms with E-state index in [1.807, 2.05) is 4.90 Å². The summed E-state index contributed by atoms with van der Waals surface area (Å²) in [5.74, 6) is 1.69. The van der Waals surface area contributed by atoms with Gasteiger partial charge < -0.3 is 14.4 Å². The van der Waals surface area contributed by atoms with E-state index in [0.29, 0.717) is 13.1 Å². The molecule has 1 amide bonds. The van der Waals surface area contributed by atoms with Crippen LogP contribution in [0.2, 0.25) is 0 Å². The Morgan fingerprint density at radius 2 is 1.50 bits per heavy atom. The predicted octanol–water partition coefficient (Wildman–Crippen LogP) is 5.58. The Morgan fingerprint density at radius 3 is 2.32 bits per heavy atom. The second-order valence-corrected chi connectivity index (χ2v) is 10.4. The fourth-order valence-electron chi connectivity index (χ4n) is 6.08. The lowest BCUT2D eigenvalue weighted by Crippen LogP contribution is -2.46. The molecule has 2 aliphatic heterocycles. The van der Waals surface area contributed by atoms with E-state index >= 15 is 0 Å². The summed E-state index contributed by atoms with van der Waals surface area (Å²) >= 11 is 0. The molecule has 38 heavy (non-hydrogen) atoms. The molecule has 2 aliphatic rings. The number of ether oxygens (including phenoxy) is 2. The zero-order valence-corrected chi connectivity index (χ0v) is 22.2. The van der Waals surface area contributed by atoms with Crippen LogP contribution in [0.3, 0.4) is 0 Å². The Morgan fingerprint density at radius 1 is 0.789 bits per heavy atom. The Kier molecular flexibility index (Phi) is 6.77. The van der Waals surface area contributed by atoms with Crippen LogP contribution >= 0.6 is 0 Å². The minimum atomic E-state index is 0.0701. The van der Waals surface area contributed by atoms with Crippen LogP contribution in [0.15, 0.2) is 78.9 Å². The van der Waals surface area contributed by atoms with Gasteiger partial charge in [-0.3, -0.25) is 9.69 Å². The van der Waals surface area contributed by atoms with Crippen molar-refractivity contribution in [3.05, 3.63) is 107 Å². The molecule has 4 aromatic carbocycles. The SMILES string of the molecule is COc1cc2c(cc1OC)C(Cc1ccc3ccccc3c1)N(CC(=O)N1CCc3ccccc3C1)CC2. The highest BCUT2D eigenvalue weighted by Crippen LogP contribution is 2.40. The van der Waals surface area contributed by atoms with Crippen molar-refractivity contribution in [1.29, 1.82) is 0 Å². The molecule has 1 atom stereocenters. The Hall–Kier alpha value is -3.83. The molecule has 0 aliphatic carbocycles. The molecule has 2 heterocycles. The van der Waals surface area contributed by atoms with E-state index in [-0.39, 0.29) is 11.9 Å². The maximum Gasteiger partial charge on any atom is 0.237 e. The molecule has 0 saturated heterocycles. The number of hydrogen-bond acceptors (Lipinski definition) is 4. The van der Waals surface area contributed by atoms with Gasteiger partial charge in [0.25, 0.3) is 0 Å². The van der Waals surface area contributed by atoms with Gasteiger partial charge in [-0.2, -0.15) is 0 Å². The zero-order chi connectivity index (χ0) is 26.1. The predicted molar refractivity (Wildman–Crippen MR) is 151 cm³/mol. The number of carbonyl (C=O) groups excluding carboxylic acids is 1. The topological polar surface area (TPSA) is 42.0 Å². The number of methoxy groups -OCH3 is 2. The van der Waals surface area contributed by atoms with Crippen molar-refractivity contribution < 1.29 is 14.3 Å². The Labute approximate surface area is 224 Å². The van der Waals surface area contributed by atoms with Crippen molar-refractivity contribution >= 4 is 16.7 Å². The second-order valence-electron chi connectivity index (χ2n) is 10.4. The molecule has 5 nitrogen and oxygen atoms in total. The van der Waals surface area contributed by atoms with Crippen LogP contribution in [0, 0.1) is 0 Å². The van der Waals surface area contributed by atoms with Crippen molar-refractivity contribution in [3.63, 3.8) is 0 Å². The number of fused-ring (bicyclic) bond motifs is 3. The van der Waals surface area contributed by atoms with Crippen molar-refractivity contribution in [2.24, 2.45) is 0 Å². The molecule has 0 fully saturated rings. The van der Waals surface area contributed by atoms with Gasteiger partial charge in [0.1, 0.15) is 0 Å². The van der Waals surface area contributed by atoms with E-state index < -0.39 is 0 Å². The third-order valence-electron chi connectivity index (χ3n) is 8.18. The van der Waals surface area contributed by atoms with E-state index in [4.69, 9.17) is 9.47 Å². The van der Waals surface area contributed by atoms with Crippen molar-refractivity contribution in [1.82, 2.24) is 9.80 Å². The fourth-order valence-corrected chi connectivity index (χ4v) is 6.08. The molecule has 5 heteroatoms. The van der Waals surface area contributed by atoms with Crippen LogP contribution in [0.1, 0.15) is 33.9 Å². The van der Waals surface area contributed by atoms with Crippen LogP contribution < -0.4 is 9.47 Å². The maximum absolute atomic E-state index is 13.6. The van der Waals surface area contributed by atoms with Crippen molar-refractivity contribution in [2.75, 3.05) is 33.9 Å². The first-order valence-electron chi connectivity index (χ1n) is 13.4. The summed E-state index contributed by atoms with van der Waals surface area (Å²) in [5.41, 5.74) is 6.38. The first kappa shape index (κ1) is 24.5. The quantitative estimate of drug-likeness (QED) is 0.342. The zero-order valence-electron chi connectivity index (χ0n) is 22.2. The summed E-state index contributed by atoms with van der Waals surface area (Å²) in [7, 11) is 3.36. The van der Waals surface area contributed by atoms with E-state index in [2.05, 4.69) is 83.8 Å². The molecule has 4 aromatic rings. The highest BCUT2D eigenvalue weighted by Gasteiger charge is 2.32. The average molecular weight is 507 g/mol. The molecule has 0 spiro atoms. The monoisotopic (exact) mass is 506 g/mol. The molecule has 1 unspecified atom stereocenters. The summed E-state index contributed by atoms with van der Waals surface area (Å²) in [6.07, 6.45) is 2.62. The van der Waals surface area contributed by atoms with Crippen LogP contribution in [0.25, 0.3) is 10.8 Å². The van der Waals surface area contributed by atoms with E-state index in [1.165, 1.54) is 38.6 Å². The minimum absolute atomic E-state index is 0.0701. The number of amides is 1. The van der Waals surface area contributed by atoms with Gasteiger partial charge in [0, 0.05) is 25.7 Å². The van der Waals surface area contributed by atoms with Crippen LogP contribution in [-0.4, -0.2) is 49.6 Å². The van der Waals surface area contributed by atoms with Gasteiger partial charge in [-0.1, -0.05) is 66.7 Å². The van der Waals surface area contributed by atoms with Crippen LogP contribution in [0.5, 0.6) is 11.5 Å². The largest absolute Gasteiger partial charge is 0.493 e. The number of hydrogen-bond donors (Lipinski definition) is 0. The highest BCUT2D eigenvalue weighted by molar-refractivity contribution is 5.83. The molecule has 0 radical (unpaired) electrons. The normalized spacial score (nSPS) is 17.1. The van der Waals surface area contributed by atoms with Crippen molar-refractivity contribution in [3.8, 4) is 11.5 Å². The maximum atomic E-state index is 13.6. The van der Waals surface area contributed by atoms with Gasteiger partial charge in [-0.15, -0.1) is 0 Å². The molecule has 0 saturated carbocycles. The molecule has 6 rings (SSSR count). The fraction of sp³-hybridized carbons (Fsp3) is 0.303. The molecular formula is C33H34N2O3. The summed E-state index contributed by atoms with van der Waals surface area (Å²) in [6.45, 7) is 2.71. The third-order valence-corrected chi connectivity index (χ3v) is 8.18. The number of carbonyl (C=O) groups is 1. The summed E-state index contributed by atoms with van der Waals surface area (Å²) in [6, 6.07) is 28.0. The Bertz CT molecular complexity index is 1480. The van der Waals surface area contributed by atoms with E-state index in [9.17, 15) is 4.79 Å². The smallest absolute Gasteiger partial charge is 0.237 e. The number of nitrogens with zero attached hydrogens (tertiary/aromatic N) is 2. The third kappa shape index (κ3) is 4.74. The summed E-state index contributed by atoms with van der Waals surface area (Å²) < 4.78 is 11.3. The van der Waals surface area contributed by atoms with E-state index in [0.717, 1.165) is 43.9 Å². The van der Waals surface area contributed by atoms with Gasteiger partial charge >= 0.3 is 0 Å². The van der Waals surface area contributed by atoms with Gasteiger partial charge in [-0.25, -0.2) is 0 Å². The average Bonchev–Trinajstić information content (AvgIpc) is 2.97. The highest BCUT2D eigenvalue weighted by atomic mass is 16.5. The summed E-state index contributed by atoms with van der Waals surface area (Å²) in [5, 5.41) is 2.48. The lowest BCUT2D eigenvalue weighted by molar-refractivity contribution is -0.134. The second kappa shape index (κ2) is 10.5. The van der Waals surface area contributed by atoms with Gasteiger partial charge in [0.05, 0.1) is 20.8 Å². The number of rotatable bonds is 6. The molecular weight excluding hydrogens is 472 g/mol. The number of benzene rings is 4. The first-order chi connectivity index (χ1) is 18.6. The van der Waals surface area contributed by atoms with Gasteiger partial charge in [0.15, 0.2) is 11.5 Å². The standard InChI is InChI=1S/C33H34N2O3/c1-37-31-19-27-14-15-34(22-33(36)35-16-13-25-8-4-6-10-28(25)21-35)30(29(27)20-32(31)38-2)18-23-11-12-24-7-3-5-9-26(24)17-23/h3-12,17,19-20,30H,13-16,18,21-22H2,1-2H3. The van der Waals surface area contributed by atoms with Crippen molar-refractivity contribution in [2.45, 2.75) is 31.8 Å². The molecule has 194 valence electrons. The lowest BCUT2D eigenvalue weighted by atomic mass is 9.87. The molecule has 0 bridgehead atoms. The van der Waals surface area contributed by atoms with Gasteiger partial charge in [0.2, 0.25) is 5.91 Å². The van der Waals surface area contributed by atoms with Gasteiger partial charge in [-0.05, 0) is 70.0 Å². The summed E-state index contributed by atoms with van der Waals surface area (Å²) in [4.78, 5) is 18.0. The molecule has 0 aromatic heterocycles. The lowest BCUT2D eigenvalue weighted by Gasteiger charge is -2.39.